The van der Waals surface area contributed by atoms with Gasteiger partial charge in [0.05, 0.1) is 0 Å². The zero-order valence-corrected chi connectivity index (χ0v) is 12.2. The normalized spacial score (nSPS) is 30.3. The lowest BCUT2D eigenvalue weighted by atomic mass is 9.93. The molecule has 1 atom stereocenters. The zero-order valence-electron chi connectivity index (χ0n) is 12.2. The van der Waals surface area contributed by atoms with Gasteiger partial charge in [-0.1, -0.05) is 64.2 Å². The van der Waals surface area contributed by atoms with Crippen molar-refractivity contribution in [3.8, 4) is 0 Å². The van der Waals surface area contributed by atoms with Crippen LogP contribution in [0.25, 0.3) is 0 Å². The third-order valence-electron chi connectivity index (χ3n) is 4.86. The lowest BCUT2D eigenvalue weighted by molar-refractivity contribution is 0.405. The Morgan fingerprint density at radius 1 is 0.611 bits per heavy atom. The Kier molecular flexibility index (Phi) is 7.15. The van der Waals surface area contributed by atoms with Crippen molar-refractivity contribution in [3.05, 3.63) is 6.04 Å². The summed E-state index contributed by atoms with van der Waals surface area (Å²) in [5, 5.41) is 3.73. The molecule has 0 aromatic heterocycles. The minimum atomic E-state index is 1.04. The third kappa shape index (κ3) is 5.73. The van der Waals surface area contributed by atoms with E-state index in [0.717, 1.165) is 5.92 Å². The van der Waals surface area contributed by atoms with Crippen LogP contribution in [0.15, 0.2) is 0 Å². The Morgan fingerprint density at radius 2 is 1.28 bits per heavy atom. The molecule has 1 heterocycles. The van der Waals surface area contributed by atoms with E-state index in [0.29, 0.717) is 0 Å². The number of hydrogen-bond acceptors (Lipinski definition) is 1. The van der Waals surface area contributed by atoms with Gasteiger partial charge in [0.15, 0.2) is 0 Å². The molecule has 2 aliphatic rings. The summed E-state index contributed by atoms with van der Waals surface area (Å²) in [6.07, 6.45) is 20.3. The molecule has 1 N–H and O–H groups in total. The van der Waals surface area contributed by atoms with E-state index in [-0.39, 0.29) is 0 Å². The molecule has 0 aromatic rings. The molecule has 105 valence electrons. The van der Waals surface area contributed by atoms with E-state index in [9.17, 15) is 0 Å². The first-order valence-electron chi connectivity index (χ1n) is 8.54. The number of nitrogens with one attached hydrogen (secondary N) is 1. The average molecular weight is 250 g/mol. The van der Waals surface area contributed by atoms with Gasteiger partial charge in [-0.3, -0.25) is 0 Å². The fourth-order valence-corrected chi connectivity index (χ4v) is 3.60. The van der Waals surface area contributed by atoms with Crippen LogP contribution in [-0.4, -0.2) is 6.54 Å². The molecule has 1 aliphatic heterocycles. The minimum Gasteiger partial charge on any atom is -0.310 e. The highest BCUT2D eigenvalue weighted by Gasteiger charge is 2.18. The first kappa shape index (κ1) is 14.4. The van der Waals surface area contributed by atoms with Crippen LogP contribution in [-0.2, 0) is 0 Å². The first-order valence-corrected chi connectivity index (χ1v) is 8.54. The molecular formula is C17H32N. The van der Waals surface area contributed by atoms with Crippen molar-refractivity contribution >= 4 is 0 Å². The Bertz CT molecular complexity index is 182. The molecule has 1 heteroatoms. The summed E-state index contributed by atoms with van der Waals surface area (Å²) in [7, 11) is 0. The molecule has 0 aromatic carbocycles. The number of fused-ring (bicyclic) bond motifs is 3. The van der Waals surface area contributed by atoms with E-state index in [1.165, 1.54) is 96.4 Å². The first-order chi connectivity index (χ1) is 8.95. The standard InChI is InChI=1S/C17H32N/c1-2-4-6-8-15-18-17-12-9-11-16(13-14-17)10-7-5-3-1/h16,18H,1-15H2/t16-/m0/s1. The highest BCUT2D eigenvalue weighted by Crippen LogP contribution is 2.30. The largest absolute Gasteiger partial charge is 0.310 e. The Hall–Kier alpha value is -0.0400. The van der Waals surface area contributed by atoms with Gasteiger partial charge < -0.3 is 5.32 Å². The topological polar surface area (TPSA) is 12.0 Å². The van der Waals surface area contributed by atoms with Crippen LogP contribution in [0.1, 0.15) is 89.9 Å². The molecule has 2 fully saturated rings. The maximum absolute atomic E-state index is 3.73. The molecule has 1 nitrogen and oxygen atoms in total. The van der Waals surface area contributed by atoms with Gasteiger partial charge in [0.2, 0.25) is 0 Å². The van der Waals surface area contributed by atoms with Crippen LogP contribution >= 0.6 is 0 Å². The van der Waals surface area contributed by atoms with Gasteiger partial charge in [-0.25, -0.2) is 0 Å². The van der Waals surface area contributed by atoms with E-state index >= 15 is 0 Å². The molecule has 1 saturated carbocycles. The van der Waals surface area contributed by atoms with E-state index in [1.54, 1.807) is 6.04 Å². The lowest BCUT2D eigenvalue weighted by Crippen LogP contribution is -2.21. The molecule has 1 aliphatic carbocycles. The van der Waals surface area contributed by atoms with Crippen molar-refractivity contribution in [2.24, 2.45) is 5.92 Å². The Labute approximate surface area is 114 Å². The summed E-state index contributed by atoms with van der Waals surface area (Å²) in [6, 6.07) is 1.67. The predicted octanol–water partition coefficient (Wildman–Crippen LogP) is 5.21. The van der Waals surface area contributed by atoms with Crippen LogP contribution < -0.4 is 5.32 Å². The summed E-state index contributed by atoms with van der Waals surface area (Å²) in [5.41, 5.74) is 0. The van der Waals surface area contributed by atoms with E-state index in [2.05, 4.69) is 5.32 Å². The van der Waals surface area contributed by atoms with Gasteiger partial charge in [0.25, 0.3) is 0 Å². The molecule has 1 saturated heterocycles. The molecule has 1 radical (unpaired) electrons. The van der Waals surface area contributed by atoms with Gasteiger partial charge in [-0.05, 0) is 38.1 Å². The van der Waals surface area contributed by atoms with Crippen LogP contribution in [0.4, 0.5) is 0 Å². The van der Waals surface area contributed by atoms with Gasteiger partial charge in [0.1, 0.15) is 0 Å². The molecule has 18 heavy (non-hydrogen) atoms. The van der Waals surface area contributed by atoms with Crippen LogP contribution in [0.2, 0.25) is 0 Å². The van der Waals surface area contributed by atoms with Crippen LogP contribution in [0, 0.1) is 12.0 Å². The van der Waals surface area contributed by atoms with Crippen molar-refractivity contribution in [2.75, 3.05) is 6.54 Å². The average Bonchev–Trinajstić information content (AvgIpc) is 2.60. The summed E-state index contributed by atoms with van der Waals surface area (Å²) in [6.45, 7) is 1.24. The number of hydrogen-bond donors (Lipinski definition) is 1. The monoisotopic (exact) mass is 250 g/mol. The molecule has 0 amide bonds. The smallest absolute Gasteiger partial charge is 0.0364 e. The van der Waals surface area contributed by atoms with Crippen molar-refractivity contribution in [2.45, 2.75) is 89.9 Å². The molecule has 0 spiro atoms. The number of rotatable bonds is 0. The van der Waals surface area contributed by atoms with Gasteiger partial charge >= 0.3 is 0 Å². The molecule has 2 bridgehead atoms. The maximum atomic E-state index is 3.73. The highest BCUT2D eigenvalue weighted by atomic mass is 14.9. The second-order valence-electron chi connectivity index (χ2n) is 6.44. The van der Waals surface area contributed by atoms with Crippen LogP contribution in [0.5, 0.6) is 0 Å². The molecule has 2 rings (SSSR count). The molecule has 0 unspecified atom stereocenters. The van der Waals surface area contributed by atoms with Gasteiger partial charge in [-0.2, -0.15) is 0 Å². The van der Waals surface area contributed by atoms with Gasteiger partial charge in [0, 0.05) is 6.04 Å². The van der Waals surface area contributed by atoms with E-state index < -0.39 is 0 Å². The Balaban J connectivity index is 1.75. The second-order valence-corrected chi connectivity index (χ2v) is 6.44. The van der Waals surface area contributed by atoms with Gasteiger partial charge in [-0.15, -0.1) is 0 Å². The molecular weight excluding hydrogens is 218 g/mol. The lowest BCUT2D eigenvalue weighted by Gasteiger charge is -2.16. The fourth-order valence-electron chi connectivity index (χ4n) is 3.60. The predicted molar refractivity (Wildman–Crippen MR) is 79.4 cm³/mol. The fraction of sp³-hybridized carbons (Fsp3) is 0.941. The van der Waals surface area contributed by atoms with Crippen molar-refractivity contribution < 1.29 is 0 Å². The van der Waals surface area contributed by atoms with Crippen molar-refractivity contribution in [1.82, 2.24) is 5.32 Å². The quantitative estimate of drug-likeness (QED) is 0.622. The van der Waals surface area contributed by atoms with Crippen molar-refractivity contribution in [1.29, 1.82) is 0 Å². The summed E-state index contributed by atoms with van der Waals surface area (Å²) < 4.78 is 0. The van der Waals surface area contributed by atoms with E-state index in [1.807, 2.05) is 0 Å². The maximum Gasteiger partial charge on any atom is 0.0364 e. The minimum absolute atomic E-state index is 1.04. The summed E-state index contributed by atoms with van der Waals surface area (Å²) in [4.78, 5) is 0. The van der Waals surface area contributed by atoms with E-state index in [4.69, 9.17) is 0 Å². The van der Waals surface area contributed by atoms with Crippen molar-refractivity contribution in [3.63, 3.8) is 0 Å². The van der Waals surface area contributed by atoms with Crippen LogP contribution in [0.3, 0.4) is 0 Å². The second kappa shape index (κ2) is 8.96. The summed E-state index contributed by atoms with van der Waals surface area (Å²) >= 11 is 0. The zero-order chi connectivity index (χ0) is 12.5. The third-order valence-corrected chi connectivity index (χ3v) is 4.86. The SMILES string of the molecule is C1CCCCC[C@H]2CCC[C](CC2)NCCCC1. The highest BCUT2D eigenvalue weighted by molar-refractivity contribution is 4.90. The summed E-state index contributed by atoms with van der Waals surface area (Å²) in [5.74, 6) is 1.04. The Morgan fingerprint density at radius 3 is 2.11 bits per heavy atom.